The molecule has 1 fully saturated rings. The van der Waals surface area contributed by atoms with Gasteiger partial charge in [0.1, 0.15) is 6.04 Å². The Morgan fingerprint density at radius 1 is 1.50 bits per heavy atom. The SMILES string of the molecule is CC(CN(C)C)NC(=O)N1CCC(C)C1C(=O)O. The van der Waals surface area contributed by atoms with E-state index in [0.717, 1.165) is 13.0 Å². The van der Waals surface area contributed by atoms with Gasteiger partial charge in [-0.05, 0) is 33.4 Å². The van der Waals surface area contributed by atoms with Crippen LogP contribution >= 0.6 is 0 Å². The molecule has 6 nitrogen and oxygen atoms in total. The largest absolute Gasteiger partial charge is 0.480 e. The summed E-state index contributed by atoms with van der Waals surface area (Å²) in [5.74, 6) is -0.909. The number of aliphatic carboxylic acids is 1. The van der Waals surface area contributed by atoms with Gasteiger partial charge in [0.25, 0.3) is 0 Å². The van der Waals surface area contributed by atoms with E-state index in [1.165, 1.54) is 4.90 Å². The first kappa shape index (κ1) is 14.8. The van der Waals surface area contributed by atoms with Crippen molar-refractivity contribution in [3.05, 3.63) is 0 Å². The van der Waals surface area contributed by atoms with Gasteiger partial charge in [-0.15, -0.1) is 0 Å². The van der Waals surface area contributed by atoms with Crippen LogP contribution in [0.2, 0.25) is 0 Å². The molecule has 0 aromatic heterocycles. The Bertz CT molecular complexity index is 320. The summed E-state index contributed by atoms with van der Waals surface area (Å²) < 4.78 is 0. The van der Waals surface area contributed by atoms with Crippen LogP contribution in [0.1, 0.15) is 20.3 Å². The maximum absolute atomic E-state index is 12.0. The van der Waals surface area contributed by atoms with Gasteiger partial charge in [0, 0.05) is 19.1 Å². The molecule has 0 saturated carbocycles. The second-order valence-corrected chi connectivity index (χ2v) is 5.36. The predicted octanol–water partition coefficient (Wildman–Crippen LogP) is 0.441. The fourth-order valence-electron chi connectivity index (χ4n) is 2.44. The molecule has 3 atom stereocenters. The number of rotatable bonds is 4. The number of hydrogen-bond donors (Lipinski definition) is 2. The van der Waals surface area contributed by atoms with E-state index < -0.39 is 12.0 Å². The van der Waals surface area contributed by atoms with Crippen molar-refractivity contribution in [3.8, 4) is 0 Å². The lowest BCUT2D eigenvalue weighted by atomic mass is 10.0. The van der Waals surface area contributed by atoms with Crippen LogP contribution < -0.4 is 5.32 Å². The minimum atomic E-state index is -0.921. The molecule has 0 bridgehead atoms. The molecule has 1 aliphatic rings. The Labute approximate surface area is 108 Å². The first-order valence-corrected chi connectivity index (χ1v) is 6.27. The topological polar surface area (TPSA) is 72.9 Å². The van der Waals surface area contributed by atoms with Crippen molar-refractivity contribution in [1.29, 1.82) is 0 Å². The Balaban J connectivity index is 2.58. The fourth-order valence-corrected chi connectivity index (χ4v) is 2.44. The lowest BCUT2D eigenvalue weighted by Crippen LogP contribution is -2.51. The van der Waals surface area contributed by atoms with Crippen LogP contribution in [0.25, 0.3) is 0 Å². The maximum atomic E-state index is 12.0. The van der Waals surface area contributed by atoms with Crippen molar-refractivity contribution in [2.24, 2.45) is 5.92 Å². The van der Waals surface area contributed by atoms with Gasteiger partial charge >= 0.3 is 12.0 Å². The van der Waals surface area contributed by atoms with Crippen molar-refractivity contribution in [2.75, 3.05) is 27.2 Å². The third-order valence-corrected chi connectivity index (χ3v) is 3.22. The van der Waals surface area contributed by atoms with E-state index in [-0.39, 0.29) is 18.0 Å². The molecule has 0 spiro atoms. The number of nitrogens with zero attached hydrogens (tertiary/aromatic N) is 2. The van der Waals surface area contributed by atoms with Gasteiger partial charge in [0.2, 0.25) is 0 Å². The molecule has 104 valence electrons. The minimum Gasteiger partial charge on any atom is -0.480 e. The second-order valence-electron chi connectivity index (χ2n) is 5.36. The summed E-state index contributed by atoms with van der Waals surface area (Å²) >= 11 is 0. The molecule has 6 heteroatoms. The molecule has 0 aromatic carbocycles. The molecule has 18 heavy (non-hydrogen) atoms. The third-order valence-electron chi connectivity index (χ3n) is 3.22. The van der Waals surface area contributed by atoms with Crippen molar-refractivity contribution in [3.63, 3.8) is 0 Å². The smallest absolute Gasteiger partial charge is 0.326 e. The van der Waals surface area contributed by atoms with E-state index in [4.69, 9.17) is 5.11 Å². The first-order chi connectivity index (χ1) is 8.32. The van der Waals surface area contributed by atoms with Crippen LogP contribution in [0.15, 0.2) is 0 Å². The summed E-state index contributed by atoms with van der Waals surface area (Å²) in [5.41, 5.74) is 0. The molecule has 0 radical (unpaired) electrons. The molecule has 0 aliphatic carbocycles. The highest BCUT2D eigenvalue weighted by atomic mass is 16.4. The predicted molar refractivity (Wildman–Crippen MR) is 68.5 cm³/mol. The monoisotopic (exact) mass is 257 g/mol. The van der Waals surface area contributed by atoms with Crippen molar-refractivity contribution in [1.82, 2.24) is 15.1 Å². The number of carbonyl (C=O) groups is 2. The van der Waals surface area contributed by atoms with E-state index >= 15 is 0 Å². The minimum absolute atomic E-state index is 0.00199. The van der Waals surface area contributed by atoms with Crippen LogP contribution in [0, 0.1) is 5.92 Å². The summed E-state index contributed by atoms with van der Waals surface area (Å²) in [5, 5.41) is 12.0. The normalized spacial score (nSPS) is 25.3. The Morgan fingerprint density at radius 3 is 2.61 bits per heavy atom. The lowest BCUT2D eigenvalue weighted by molar-refractivity contribution is -0.142. The van der Waals surface area contributed by atoms with Crippen LogP contribution in [0.4, 0.5) is 4.79 Å². The van der Waals surface area contributed by atoms with Crippen LogP contribution in [0.5, 0.6) is 0 Å². The molecular weight excluding hydrogens is 234 g/mol. The molecule has 3 unspecified atom stereocenters. The second kappa shape index (κ2) is 6.04. The number of hydrogen-bond acceptors (Lipinski definition) is 3. The van der Waals surface area contributed by atoms with Gasteiger partial charge in [0.05, 0.1) is 0 Å². The fraction of sp³-hybridized carbons (Fsp3) is 0.833. The van der Waals surface area contributed by atoms with Gasteiger partial charge < -0.3 is 20.2 Å². The van der Waals surface area contributed by atoms with Crippen molar-refractivity contribution in [2.45, 2.75) is 32.4 Å². The lowest BCUT2D eigenvalue weighted by Gasteiger charge is -2.26. The van der Waals surface area contributed by atoms with Crippen LogP contribution in [-0.4, -0.2) is 66.2 Å². The molecule has 1 rings (SSSR count). The molecule has 1 saturated heterocycles. The molecule has 1 aliphatic heterocycles. The van der Waals surface area contributed by atoms with E-state index in [1.807, 2.05) is 32.8 Å². The van der Waals surface area contributed by atoms with Gasteiger partial charge in [0.15, 0.2) is 0 Å². The highest BCUT2D eigenvalue weighted by Gasteiger charge is 2.39. The summed E-state index contributed by atoms with van der Waals surface area (Å²) in [6.45, 7) is 5.02. The molecule has 1 heterocycles. The number of carbonyl (C=O) groups excluding carboxylic acids is 1. The van der Waals surface area contributed by atoms with E-state index in [1.54, 1.807) is 0 Å². The summed E-state index contributed by atoms with van der Waals surface area (Å²) in [6, 6.07) is -0.976. The van der Waals surface area contributed by atoms with Crippen LogP contribution in [0.3, 0.4) is 0 Å². The highest BCUT2D eigenvalue weighted by Crippen LogP contribution is 2.24. The van der Waals surface area contributed by atoms with Crippen molar-refractivity contribution >= 4 is 12.0 Å². The van der Waals surface area contributed by atoms with E-state index in [0.29, 0.717) is 6.54 Å². The maximum Gasteiger partial charge on any atom is 0.326 e. The molecule has 2 N–H and O–H groups in total. The number of carboxylic acid groups (broad SMARTS) is 1. The zero-order valence-corrected chi connectivity index (χ0v) is 11.5. The number of nitrogens with one attached hydrogen (secondary N) is 1. The molecule has 0 aromatic rings. The standard InChI is InChI=1S/C12H23N3O3/c1-8-5-6-15(10(8)11(16)17)12(18)13-9(2)7-14(3)4/h8-10H,5-7H2,1-4H3,(H,13,18)(H,16,17). The van der Waals surface area contributed by atoms with Gasteiger partial charge in [-0.25, -0.2) is 9.59 Å². The highest BCUT2D eigenvalue weighted by molar-refractivity contribution is 5.83. The van der Waals surface area contributed by atoms with Gasteiger partial charge in [-0.3, -0.25) is 0 Å². The quantitative estimate of drug-likeness (QED) is 0.766. The molecular formula is C12H23N3O3. The summed E-state index contributed by atoms with van der Waals surface area (Å²) in [4.78, 5) is 26.6. The van der Waals surface area contributed by atoms with E-state index in [2.05, 4.69) is 5.32 Å². The van der Waals surface area contributed by atoms with Gasteiger partial charge in [-0.1, -0.05) is 6.92 Å². The van der Waals surface area contributed by atoms with Gasteiger partial charge in [-0.2, -0.15) is 0 Å². The number of urea groups is 1. The summed E-state index contributed by atoms with van der Waals surface area (Å²) in [7, 11) is 3.86. The Kier molecular flexibility index (Phi) is 4.95. The zero-order valence-electron chi connectivity index (χ0n) is 11.5. The summed E-state index contributed by atoms with van der Waals surface area (Å²) in [6.07, 6.45) is 0.743. The average molecular weight is 257 g/mol. The Morgan fingerprint density at radius 2 is 2.11 bits per heavy atom. The number of carboxylic acids is 1. The van der Waals surface area contributed by atoms with Crippen LogP contribution in [-0.2, 0) is 4.79 Å². The first-order valence-electron chi connectivity index (χ1n) is 6.27. The van der Waals surface area contributed by atoms with Crippen molar-refractivity contribution < 1.29 is 14.7 Å². The average Bonchev–Trinajstić information content (AvgIpc) is 2.58. The van der Waals surface area contributed by atoms with E-state index in [9.17, 15) is 9.59 Å². The Hall–Kier alpha value is -1.30. The number of likely N-dealkylation sites (tertiary alicyclic amines) is 1. The zero-order chi connectivity index (χ0) is 13.9. The molecule has 2 amide bonds. The number of likely N-dealkylation sites (N-methyl/N-ethyl adjacent to an activating group) is 1. The third kappa shape index (κ3) is 3.60. The number of amides is 2.